The van der Waals surface area contributed by atoms with Crippen LogP contribution in [0.4, 0.5) is 0 Å². The zero-order valence-corrected chi connectivity index (χ0v) is 12.4. The van der Waals surface area contributed by atoms with Crippen LogP contribution in [0.2, 0.25) is 0 Å². The van der Waals surface area contributed by atoms with Gasteiger partial charge in [-0.05, 0) is 19.1 Å². The molecular weight excluding hydrogens is 264 g/mol. The molecule has 1 N–H and O–H groups in total. The molecule has 108 valence electrons. The quantitative estimate of drug-likeness (QED) is 0.876. The maximum Gasteiger partial charge on any atom is 0.248 e. The summed E-state index contributed by atoms with van der Waals surface area (Å²) in [4.78, 5) is 28.6. The predicted molar refractivity (Wildman–Crippen MR) is 84.4 cm³/mol. The minimum atomic E-state index is -0.228. The van der Waals surface area contributed by atoms with Crippen LogP contribution in [0.1, 0.15) is 27.2 Å². The summed E-state index contributed by atoms with van der Waals surface area (Å²) in [7, 11) is 3.75. The molecule has 1 heterocycles. The van der Waals surface area contributed by atoms with Crippen LogP contribution in [0.5, 0.6) is 0 Å². The van der Waals surface area contributed by atoms with Crippen LogP contribution in [-0.4, -0.2) is 29.8 Å². The Morgan fingerprint density at radius 3 is 2.38 bits per heavy atom. The summed E-state index contributed by atoms with van der Waals surface area (Å²) in [6, 6.07) is 10.3. The molecule has 0 spiro atoms. The number of aromatic nitrogens is 1. The van der Waals surface area contributed by atoms with Gasteiger partial charge in [0.25, 0.3) is 0 Å². The Hall–Kier alpha value is -2.62. The number of aromatic amines is 1. The fourth-order valence-corrected chi connectivity index (χ4v) is 1.90. The summed E-state index contributed by atoms with van der Waals surface area (Å²) in [6.45, 7) is 1.97. The molecule has 0 atom stereocenters. The Balaban J connectivity index is 2.45. The zero-order valence-electron chi connectivity index (χ0n) is 12.4. The third-order valence-electron chi connectivity index (χ3n) is 3.05. The highest BCUT2D eigenvalue weighted by atomic mass is 16.1. The molecule has 4 nitrogen and oxygen atoms in total. The summed E-state index contributed by atoms with van der Waals surface area (Å²) in [5.74, 6) is -0.107. The molecule has 21 heavy (non-hydrogen) atoms. The lowest BCUT2D eigenvalue weighted by molar-refractivity contribution is 0.103. The van der Waals surface area contributed by atoms with Crippen molar-refractivity contribution in [1.29, 1.82) is 0 Å². The number of rotatable bonds is 4. The average Bonchev–Trinajstić information content (AvgIpc) is 2.45. The van der Waals surface area contributed by atoms with Gasteiger partial charge in [-0.1, -0.05) is 29.8 Å². The van der Waals surface area contributed by atoms with Crippen molar-refractivity contribution >= 4 is 11.9 Å². The first kappa shape index (κ1) is 14.8. The van der Waals surface area contributed by atoms with Crippen LogP contribution >= 0.6 is 0 Å². The Morgan fingerprint density at radius 1 is 1.10 bits per heavy atom. The number of carbonyl (C=O) groups is 1. The van der Waals surface area contributed by atoms with Crippen molar-refractivity contribution in [3.63, 3.8) is 0 Å². The Morgan fingerprint density at radius 2 is 1.76 bits per heavy atom. The molecule has 0 aliphatic rings. The highest BCUT2D eigenvalue weighted by molar-refractivity contribution is 6.10. The Bertz CT molecular complexity index is 725. The van der Waals surface area contributed by atoms with E-state index in [-0.39, 0.29) is 11.3 Å². The second kappa shape index (κ2) is 6.22. The molecular formula is C17H18N2O2. The molecule has 2 aromatic rings. The van der Waals surface area contributed by atoms with Crippen molar-refractivity contribution in [2.24, 2.45) is 0 Å². The van der Waals surface area contributed by atoms with Gasteiger partial charge in [-0.15, -0.1) is 0 Å². The second-order valence-corrected chi connectivity index (χ2v) is 5.12. The van der Waals surface area contributed by atoms with Crippen molar-refractivity contribution in [3.8, 4) is 0 Å². The lowest BCUT2D eigenvalue weighted by Crippen LogP contribution is -2.12. The number of pyridine rings is 1. The number of nitrogens with one attached hydrogen (secondary N) is 1. The molecule has 1 aromatic heterocycles. The Kier molecular flexibility index (Phi) is 4.38. The number of benzene rings is 1. The van der Waals surface area contributed by atoms with E-state index in [1.807, 2.05) is 38.1 Å². The van der Waals surface area contributed by atoms with Gasteiger partial charge < -0.3 is 9.88 Å². The second-order valence-electron chi connectivity index (χ2n) is 5.12. The van der Waals surface area contributed by atoms with E-state index < -0.39 is 0 Å². The SMILES string of the molecule is Cc1ccc(C(=O)c2ccc(=O)[nH]c2/C=C/N(C)C)cc1. The topological polar surface area (TPSA) is 53.2 Å². The van der Waals surface area contributed by atoms with Gasteiger partial charge in [-0.2, -0.15) is 0 Å². The van der Waals surface area contributed by atoms with E-state index in [0.29, 0.717) is 16.8 Å². The molecule has 2 rings (SSSR count). The van der Waals surface area contributed by atoms with Crippen molar-refractivity contribution in [1.82, 2.24) is 9.88 Å². The first-order chi connectivity index (χ1) is 9.97. The molecule has 0 bridgehead atoms. The van der Waals surface area contributed by atoms with E-state index in [1.54, 1.807) is 30.5 Å². The van der Waals surface area contributed by atoms with Gasteiger partial charge in [-0.3, -0.25) is 9.59 Å². The van der Waals surface area contributed by atoms with E-state index in [2.05, 4.69) is 4.98 Å². The van der Waals surface area contributed by atoms with E-state index in [4.69, 9.17) is 0 Å². The van der Waals surface area contributed by atoms with Crippen LogP contribution < -0.4 is 5.56 Å². The largest absolute Gasteiger partial charge is 0.383 e. The molecule has 0 fully saturated rings. The maximum atomic E-state index is 12.6. The molecule has 0 aliphatic carbocycles. The lowest BCUT2D eigenvalue weighted by atomic mass is 10.0. The first-order valence-electron chi connectivity index (χ1n) is 6.66. The highest BCUT2D eigenvalue weighted by Gasteiger charge is 2.13. The van der Waals surface area contributed by atoms with Gasteiger partial charge in [0.05, 0.1) is 5.69 Å². The van der Waals surface area contributed by atoms with Crippen LogP contribution in [0.25, 0.3) is 6.08 Å². The Labute approximate surface area is 123 Å². The molecule has 4 heteroatoms. The number of H-pyrrole nitrogens is 1. The molecule has 0 aliphatic heterocycles. The number of hydrogen-bond acceptors (Lipinski definition) is 3. The van der Waals surface area contributed by atoms with E-state index in [0.717, 1.165) is 5.56 Å². The number of nitrogens with zero attached hydrogens (tertiary/aromatic N) is 1. The van der Waals surface area contributed by atoms with Gasteiger partial charge in [-0.25, -0.2) is 0 Å². The van der Waals surface area contributed by atoms with Crippen molar-refractivity contribution in [2.75, 3.05) is 14.1 Å². The smallest absolute Gasteiger partial charge is 0.248 e. The van der Waals surface area contributed by atoms with Gasteiger partial charge >= 0.3 is 0 Å². The van der Waals surface area contributed by atoms with E-state index >= 15 is 0 Å². The number of aryl methyl sites for hydroxylation is 1. The van der Waals surface area contributed by atoms with Crippen LogP contribution in [0, 0.1) is 6.92 Å². The van der Waals surface area contributed by atoms with Crippen LogP contribution in [0.3, 0.4) is 0 Å². The average molecular weight is 282 g/mol. The minimum Gasteiger partial charge on any atom is -0.383 e. The normalized spacial score (nSPS) is 10.8. The first-order valence-corrected chi connectivity index (χ1v) is 6.66. The lowest BCUT2D eigenvalue weighted by Gasteiger charge is -2.07. The fourth-order valence-electron chi connectivity index (χ4n) is 1.90. The molecule has 1 aromatic carbocycles. The molecule has 0 amide bonds. The van der Waals surface area contributed by atoms with Crippen LogP contribution in [-0.2, 0) is 0 Å². The molecule has 0 saturated carbocycles. The van der Waals surface area contributed by atoms with Crippen molar-refractivity contribution in [2.45, 2.75) is 6.92 Å². The summed E-state index contributed by atoms with van der Waals surface area (Å²) in [5, 5.41) is 0. The van der Waals surface area contributed by atoms with Crippen molar-refractivity contribution < 1.29 is 4.79 Å². The number of ketones is 1. The highest BCUT2D eigenvalue weighted by Crippen LogP contribution is 2.14. The van der Waals surface area contributed by atoms with Crippen molar-refractivity contribution in [3.05, 3.63) is 75.3 Å². The predicted octanol–water partition coefficient (Wildman–Crippen LogP) is 2.45. The summed E-state index contributed by atoms with van der Waals surface area (Å²) in [6.07, 6.45) is 3.51. The third-order valence-corrected chi connectivity index (χ3v) is 3.05. The van der Waals surface area contributed by atoms with Gasteiger partial charge in [0.15, 0.2) is 5.78 Å². The minimum absolute atomic E-state index is 0.107. The summed E-state index contributed by atoms with van der Waals surface area (Å²) in [5.41, 5.74) is 2.47. The third kappa shape index (κ3) is 3.69. The zero-order chi connectivity index (χ0) is 15.4. The van der Waals surface area contributed by atoms with Gasteiger partial charge in [0, 0.05) is 37.5 Å². The van der Waals surface area contributed by atoms with E-state index in [1.165, 1.54) is 6.07 Å². The molecule has 0 unspecified atom stereocenters. The monoisotopic (exact) mass is 282 g/mol. The summed E-state index contributed by atoms with van der Waals surface area (Å²) < 4.78 is 0. The molecule has 0 saturated heterocycles. The number of carbonyl (C=O) groups excluding carboxylic acids is 1. The van der Waals surface area contributed by atoms with E-state index in [9.17, 15) is 9.59 Å². The van der Waals surface area contributed by atoms with Crippen LogP contribution in [0.15, 0.2) is 47.4 Å². The number of hydrogen-bond donors (Lipinski definition) is 1. The molecule has 0 radical (unpaired) electrons. The van der Waals surface area contributed by atoms with Gasteiger partial charge in [0.1, 0.15) is 0 Å². The van der Waals surface area contributed by atoms with Gasteiger partial charge in [0.2, 0.25) is 5.56 Å². The standard InChI is InChI=1S/C17H18N2O2/c1-12-4-6-13(7-5-12)17(21)14-8-9-16(20)18-15(14)10-11-19(2)3/h4-11H,1-3H3,(H,18,20)/b11-10+. The summed E-state index contributed by atoms with van der Waals surface area (Å²) >= 11 is 0. The maximum absolute atomic E-state index is 12.6. The fraction of sp³-hybridized carbons (Fsp3) is 0.176.